The highest BCUT2D eigenvalue weighted by Gasteiger charge is 2.11. The predicted octanol–water partition coefficient (Wildman–Crippen LogP) is 3.56. The molecule has 0 atom stereocenters. The molecule has 102 valence electrons. The zero-order valence-corrected chi connectivity index (χ0v) is 11.7. The second kappa shape index (κ2) is 4.56. The molecule has 2 aromatic carbocycles. The summed E-state index contributed by atoms with van der Waals surface area (Å²) in [5, 5.41) is 10.1. The van der Waals surface area contributed by atoms with Crippen molar-refractivity contribution in [2.75, 3.05) is 7.11 Å². The molecule has 0 fully saturated rings. The van der Waals surface area contributed by atoms with Gasteiger partial charge in [-0.05, 0) is 49.2 Å². The monoisotopic (exact) mass is 268 g/mol. The summed E-state index contributed by atoms with van der Waals surface area (Å²) in [6.45, 7) is 4.13. The third kappa shape index (κ3) is 1.99. The van der Waals surface area contributed by atoms with Crippen LogP contribution in [0.1, 0.15) is 11.1 Å². The number of phenolic OH excluding ortho intramolecular Hbond substituents is 1. The van der Waals surface area contributed by atoms with Gasteiger partial charge in [-0.1, -0.05) is 0 Å². The molecule has 0 saturated heterocycles. The van der Waals surface area contributed by atoms with Crippen molar-refractivity contribution in [3.8, 4) is 22.9 Å². The minimum Gasteiger partial charge on any atom is -0.507 e. The zero-order valence-electron chi connectivity index (χ0n) is 11.7. The number of imidazole rings is 1. The Hall–Kier alpha value is -2.49. The first kappa shape index (κ1) is 12.5. The fourth-order valence-electron chi connectivity index (χ4n) is 2.24. The smallest absolute Gasteiger partial charge is 0.142 e. The Kier molecular flexibility index (Phi) is 2.86. The molecule has 2 N–H and O–H groups in total. The molecule has 0 unspecified atom stereocenters. The van der Waals surface area contributed by atoms with Crippen molar-refractivity contribution in [3.05, 3.63) is 41.5 Å². The van der Waals surface area contributed by atoms with E-state index in [1.807, 2.05) is 6.07 Å². The third-order valence-corrected chi connectivity index (χ3v) is 3.56. The first-order valence-corrected chi connectivity index (χ1v) is 6.43. The lowest BCUT2D eigenvalue weighted by atomic mass is 10.1. The minimum absolute atomic E-state index is 0.150. The van der Waals surface area contributed by atoms with Gasteiger partial charge in [-0.2, -0.15) is 0 Å². The van der Waals surface area contributed by atoms with Crippen molar-refractivity contribution >= 4 is 11.0 Å². The van der Waals surface area contributed by atoms with Crippen molar-refractivity contribution < 1.29 is 9.84 Å². The molecule has 0 aliphatic carbocycles. The number of nitrogens with one attached hydrogen (secondary N) is 1. The van der Waals surface area contributed by atoms with Gasteiger partial charge < -0.3 is 14.8 Å². The van der Waals surface area contributed by atoms with Gasteiger partial charge in [0.25, 0.3) is 0 Å². The summed E-state index contributed by atoms with van der Waals surface area (Å²) in [6.07, 6.45) is 0. The van der Waals surface area contributed by atoms with Crippen molar-refractivity contribution in [2.45, 2.75) is 13.8 Å². The van der Waals surface area contributed by atoms with Crippen molar-refractivity contribution in [1.29, 1.82) is 0 Å². The lowest BCUT2D eigenvalue weighted by molar-refractivity contribution is 0.408. The molecule has 0 aliphatic rings. The fraction of sp³-hybridized carbons (Fsp3) is 0.188. The SMILES string of the molecule is COc1ccc(-c2nc3cc(C)c(C)cc3[nH]2)c(O)c1. The Labute approximate surface area is 117 Å². The first-order valence-electron chi connectivity index (χ1n) is 6.43. The number of phenols is 1. The van der Waals surface area contributed by atoms with Crippen LogP contribution in [0.15, 0.2) is 30.3 Å². The second-order valence-electron chi connectivity index (χ2n) is 4.92. The molecule has 0 amide bonds. The maximum atomic E-state index is 10.1. The van der Waals surface area contributed by atoms with E-state index in [1.165, 1.54) is 11.1 Å². The number of hydrogen-bond acceptors (Lipinski definition) is 3. The van der Waals surface area contributed by atoms with E-state index in [0.717, 1.165) is 11.0 Å². The molecular weight excluding hydrogens is 252 g/mol. The summed E-state index contributed by atoms with van der Waals surface area (Å²) in [5.74, 6) is 1.43. The van der Waals surface area contributed by atoms with Crippen molar-refractivity contribution in [1.82, 2.24) is 9.97 Å². The summed E-state index contributed by atoms with van der Waals surface area (Å²) < 4.78 is 5.09. The largest absolute Gasteiger partial charge is 0.507 e. The van der Waals surface area contributed by atoms with E-state index in [9.17, 15) is 5.11 Å². The third-order valence-electron chi connectivity index (χ3n) is 3.56. The van der Waals surface area contributed by atoms with E-state index < -0.39 is 0 Å². The van der Waals surface area contributed by atoms with Crippen LogP contribution in [0.4, 0.5) is 0 Å². The predicted molar refractivity (Wildman–Crippen MR) is 79.2 cm³/mol. The molecule has 0 radical (unpaired) electrons. The van der Waals surface area contributed by atoms with Crippen LogP contribution in [0.2, 0.25) is 0 Å². The van der Waals surface area contributed by atoms with Crippen LogP contribution in [0, 0.1) is 13.8 Å². The number of ether oxygens (including phenoxy) is 1. The summed E-state index contributed by atoms with van der Waals surface area (Å²) >= 11 is 0. The Bertz CT molecular complexity index is 752. The van der Waals surface area contributed by atoms with E-state index in [-0.39, 0.29) is 5.75 Å². The number of nitrogens with zero attached hydrogens (tertiary/aromatic N) is 1. The molecule has 3 aromatic rings. The summed E-state index contributed by atoms with van der Waals surface area (Å²) in [4.78, 5) is 7.79. The van der Waals surface area contributed by atoms with Crippen LogP contribution in [0.25, 0.3) is 22.4 Å². The Morgan fingerprint density at radius 3 is 2.55 bits per heavy atom. The second-order valence-corrected chi connectivity index (χ2v) is 4.92. The fourth-order valence-corrected chi connectivity index (χ4v) is 2.24. The number of H-pyrrole nitrogens is 1. The summed E-state index contributed by atoms with van der Waals surface area (Å²) in [6, 6.07) is 9.30. The Morgan fingerprint density at radius 1 is 1.10 bits per heavy atom. The molecule has 3 rings (SSSR count). The van der Waals surface area contributed by atoms with Crippen LogP contribution in [-0.4, -0.2) is 22.2 Å². The van der Waals surface area contributed by atoms with Crippen LogP contribution in [0.3, 0.4) is 0 Å². The van der Waals surface area contributed by atoms with Gasteiger partial charge >= 0.3 is 0 Å². The van der Waals surface area contributed by atoms with E-state index in [0.29, 0.717) is 17.1 Å². The minimum atomic E-state index is 0.150. The first-order chi connectivity index (χ1) is 9.58. The highest BCUT2D eigenvalue weighted by Crippen LogP contribution is 2.32. The molecule has 4 nitrogen and oxygen atoms in total. The molecule has 1 aromatic heterocycles. The van der Waals surface area contributed by atoms with Gasteiger partial charge in [0, 0.05) is 6.07 Å². The normalized spacial score (nSPS) is 10.9. The van der Waals surface area contributed by atoms with Crippen LogP contribution in [0.5, 0.6) is 11.5 Å². The van der Waals surface area contributed by atoms with Gasteiger partial charge in [0.1, 0.15) is 17.3 Å². The molecule has 0 spiro atoms. The number of aryl methyl sites for hydroxylation is 2. The number of aromatic nitrogens is 2. The topological polar surface area (TPSA) is 58.1 Å². The molecule has 0 aliphatic heterocycles. The lowest BCUT2D eigenvalue weighted by Gasteiger charge is -2.04. The number of rotatable bonds is 2. The quantitative estimate of drug-likeness (QED) is 0.747. The van der Waals surface area contributed by atoms with Gasteiger partial charge in [0.05, 0.1) is 23.7 Å². The van der Waals surface area contributed by atoms with Crippen molar-refractivity contribution in [2.24, 2.45) is 0 Å². The Morgan fingerprint density at radius 2 is 1.85 bits per heavy atom. The van der Waals surface area contributed by atoms with Gasteiger partial charge in [-0.25, -0.2) is 4.98 Å². The van der Waals surface area contributed by atoms with Gasteiger partial charge in [-0.3, -0.25) is 0 Å². The number of hydrogen-bond donors (Lipinski definition) is 2. The molecule has 0 saturated carbocycles. The van der Waals surface area contributed by atoms with Gasteiger partial charge in [-0.15, -0.1) is 0 Å². The number of aromatic hydroxyl groups is 1. The van der Waals surface area contributed by atoms with E-state index in [2.05, 4.69) is 29.9 Å². The number of benzene rings is 2. The van der Waals surface area contributed by atoms with E-state index in [1.54, 1.807) is 25.3 Å². The molecule has 1 heterocycles. The number of fused-ring (bicyclic) bond motifs is 1. The molecular formula is C16H16N2O2. The highest BCUT2D eigenvalue weighted by atomic mass is 16.5. The molecule has 20 heavy (non-hydrogen) atoms. The maximum Gasteiger partial charge on any atom is 0.142 e. The Balaban J connectivity index is 2.15. The lowest BCUT2D eigenvalue weighted by Crippen LogP contribution is -1.85. The van der Waals surface area contributed by atoms with E-state index in [4.69, 9.17) is 4.74 Å². The molecule has 0 bridgehead atoms. The summed E-state index contributed by atoms with van der Waals surface area (Å²) in [5.41, 5.74) is 4.95. The zero-order chi connectivity index (χ0) is 14.3. The van der Waals surface area contributed by atoms with E-state index >= 15 is 0 Å². The number of aromatic amines is 1. The molecule has 4 heteroatoms. The average Bonchev–Trinajstić information content (AvgIpc) is 2.81. The highest BCUT2D eigenvalue weighted by molar-refractivity contribution is 5.82. The van der Waals surface area contributed by atoms with Gasteiger partial charge in [0.2, 0.25) is 0 Å². The van der Waals surface area contributed by atoms with Crippen LogP contribution >= 0.6 is 0 Å². The maximum absolute atomic E-state index is 10.1. The van der Waals surface area contributed by atoms with Crippen molar-refractivity contribution in [3.63, 3.8) is 0 Å². The van der Waals surface area contributed by atoms with Gasteiger partial charge in [0.15, 0.2) is 0 Å². The average molecular weight is 268 g/mol. The van der Waals surface area contributed by atoms with Crippen LogP contribution < -0.4 is 4.74 Å². The number of methoxy groups -OCH3 is 1. The van der Waals surface area contributed by atoms with Crippen LogP contribution in [-0.2, 0) is 0 Å². The summed E-state index contributed by atoms with van der Waals surface area (Å²) in [7, 11) is 1.57. The standard InChI is InChI=1S/C16H16N2O2/c1-9-6-13-14(7-10(9)2)18-16(17-13)12-5-4-11(20-3)8-15(12)19/h4-8,19H,1-3H3,(H,17,18).